The first-order valence-corrected chi connectivity index (χ1v) is 3.24. The Morgan fingerprint density at radius 2 is 1.73 bits per heavy atom. The van der Waals surface area contributed by atoms with E-state index in [-0.39, 0.29) is 18.4 Å². The topological polar surface area (TPSA) is 56.4 Å². The predicted octanol–water partition coefficient (Wildman–Crippen LogP) is -0.205. The zero-order chi connectivity index (χ0) is 8.15. The lowest BCUT2D eigenvalue weighted by Crippen LogP contribution is -2.37. The van der Waals surface area contributed by atoms with E-state index in [9.17, 15) is 0 Å². The highest BCUT2D eigenvalue weighted by molar-refractivity contribution is 5.85. The van der Waals surface area contributed by atoms with Crippen LogP contribution >= 0.6 is 12.4 Å². The Bertz CT molecular complexity index is 115. The normalized spacial score (nSPS) is 9.09. The molecule has 0 amide bonds. The number of rotatable bonds is 3. The molecule has 0 rings (SSSR count). The molecule has 0 aliphatic heterocycles. The molecule has 0 aliphatic carbocycles. The molecular weight excluding hydrogens is 164 g/mol. The molecule has 0 atom stereocenters. The highest BCUT2D eigenvalue weighted by Crippen LogP contribution is 1.80. The Balaban J connectivity index is 0. The number of likely N-dealkylation sites (N-methyl/N-ethyl adjacent to an activating group) is 2. The van der Waals surface area contributed by atoms with E-state index in [4.69, 9.17) is 11.1 Å². The Morgan fingerprint density at radius 1 is 1.27 bits per heavy atom. The van der Waals surface area contributed by atoms with Crippen LogP contribution in [0.25, 0.3) is 0 Å². The van der Waals surface area contributed by atoms with Crippen molar-refractivity contribution in [2.45, 2.75) is 0 Å². The third-order valence-corrected chi connectivity index (χ3v) is 1.29. The molecule has 0 spiro atoms. The predicted molar refractivity (Wildman–Crippen MR) is 50.3 cm³/mol. The molecule has 4 nitrogen and oxygen atoms in total. The van der Waals surface area contributed by atoms with Crippen LogP contribution in [0.1, 0.15) is 0 Å². The van der Waals surface area contributed by atoms with Gasteiger partial charge >= 0.3 is 0 Å². The van der Waals surface area contributed by atoms with Gasteiger partial charge in [-0.05, 0) is 14.1 Å². The number of nitrogens with two attached hydrogens (primary N) is 1. The first-order chi connectivity index (χ1) is 4.54. The van der Waals surface area contributed by atoms with Crippen molar-refractivity contribution in [2.75, 3.05) is 34.2 Å². The zero-order valence-corrected chi connectivity index (χ0v) is 8.11. The van der Waals surface area contributed by atoms with Crippen molar-refractivity contribution in [3.05, 3.63) is 0 Å². The summed E-state index contributed by atoms with van der Waals surface area (Å²) in [5.74, 6) is 0.127. The summed E-state index contributed by atoms with van der Waals surface area (Å²) in [7, 11) is 5.80. The molecule has 0 fully saturated rings. The van der Waals surface area contributed by atoms with E-state index in [2.05, 4.69) is 4.90 Å². The van der Waals surface area contributed by atoms with Crippen molar-refractivity contribution in [2.24, 2.45) is 5.73 Å². The Morgan fingerprint density at radius 3 is 2.00 bits per heavy atom. The van der Waals surface area contributed by atoms with Crippen LogP contribution in [0.3, 0.4) is 0 Å². The molecule has 0 bridgehead atoms. The molecule has 0 radical (unpaired) electrons. The highest BCUT2D eigenvalue weighted by Gasteiger charge is 1.98. The average molecular weight is 181 g/mol. The fourth-order valence-corrected chi connectivity index (χ4v) is 0.470. The van der Waals surface area contributed by atoms with E-state index in [0.29, 0.717) is 0 Å². The maximum atomic E-state index is 7.03. The smallest absolute Gasteiger partial charge is 0.188 e. The second-order valence-corrected chi connectivity index (χ2v) is 2.61. The van der Waals surface area contributed by atoms with Gasteiger partial charge in [0.2, 0.25) is 0 Å². The third-order valence-electron chi connectivity index (χ3n) is 1.29. The van der Waals surface area contributed by atoms with Crippen molar-refractivity contribution in [3.8, 4) is 0 Å². The van der Waals surface area contributed by atoms with Crippen LogP contribution in [-0.2, 0) is 0 Å². The van der Waals surface area contributed by atoms with Gasteiger partial charge in [0.15, 0.2) is 5.96 Å². The van der Waals surface area contributed by atoms with Crippen LogP contribution in [0, 0.1) is 5.41 Å². The molecule has 68 valence electrons. The number of hydrogen-bond acceptors (Lipinski definition) is 2. The van der Waals surface area contributed by atoms with Gasteiger partial charge in [-0.25, -0.2) is 0 Å². The fraction of sp³-hybridized carbons (Fsp3) is 0.833. The number of hydrogen-bond donors (Lipinski definition) is 2. The van der Waals surface area contributed by atoms with Gasteiger partial charge in [0.25, 0.3) is 0 Å². The minimum Gasteiger partial charge on any atom is -0.370 e. The molecule has 0 saturated carbocycles. The number of halogens is 1. The maximum Gasteiger partial charge on any atom is 0.188 e. The summed E-state index contributed by atoms with van der Waals surface area (Å²) in [6.45, 7) is 1.73. The third kappa shape index (κ3) is 7.42. The summed E-state index contributed by atoms with van der Waals surface area (Å²) in [5, 5.41) is 7.03. The number of nitrogens with zero attached hydrogens (tertiary/aromatic N) is 2. The van der Waals surface area contributed by atoms with Gasteiger partial charge in [0.1, 0.15) is 0 Å². The monoisotopic (exact) mass is 180 g/mol. The van der Waals surface area contributed by atoms with Gasteiger partial charge < -0.3 is 15.5 Å². The van der Waals surface area contributed by atoms with Crippen molar-refractivity contribution in [1.82, 2.24) is 9.80 Å². The van der Waals surface area contributed by atoms with Crippen molar-refractivity contribution >= 4 is 18.4 Å². The highest BCUT2D eigenvalue weighted by atomic mass is 35.5. The molecule has 11 heavy (non-hydrogen) atoms. The molecule has 5 heteroatoms. The summed E-state index contributed by atoms with van der Waals surface area (Å²) < 4.78 is 0. The molecule has 0 aromatic carbocycles. The summed E-state index contributed by atoms with van der Waals surface area (Å²) in [5.41, 5.74) is 5.21. The largest absolute Gasteiger partial charge is 0.370 e. The standard InChI is InChI=1S/C6H16N4.ClH/c1-9(2)4-5-10(3)6(7)8;/h4-5H2,1-3H3,(H3,7,8);1H. The lowest BCUT2D eigenvalue weighted by Gasteiger charge is -2.18. The summed E-state index contributed by atoms with van der Waals surface area (Å²) in [6.07, 6.45) is 0. The van der Waals surface area contributed by atoms with E-state index in [1.165, 1.54) is 0 Å². The molecule has 0 aromatic heterocycles. The number of guanidine groups is 1. The van der Waals surface area contributed by atoms with E-state index in [1.54, 1.807) is 4.90 Å². The van der Waals surface area contributed by atoms with Crippen molar-refractivity contribution in [3.63, 3.8) is 0 Å². The molecule has 0 aromatic rings. The van der Waals surface area contributed by atoms with Gasteiger partial charge in [0.05, 0.1) is 0 Å². The van der Waals surface area contributed by atoms with Crippen LogP contribution < -0.4 is 5.73 Å². The van der Waals surface area contributed by atoms with E-state index >= 15 is 0 Å². The Labute approximate surface area is 74.3 Å². The average Bonchev–Trinajstić information content (AvgIpc) is 1.82. The van der Waals surface area contributed by atoms with Crippen molar-refractivity contribution in [1.29, 1.82) is 5.41 Å². The maximum absolute atomic E-state index is 7.03. The SMILES string of the molecule is CN(C)CCN(C)C(=N)N.Cl. The van der Waals surface area contributed by atoms with Crippen LogP contribution in [0.4, 0.5) is 0 Å². The van der Waals surface area contributed by atoms with Crippen LogP contribution in [-0.4, -0.2) is 50.0 Å². The molecule has 3 N–H and O–H groups in total. The van der Waals surface area contributed by atoms with Crippen LogP contribution in [0.15, 0.2) is 0 Å². The van der Waals surface area contributed by atoms with Crippen LogP contribution in [0.5, 0.6) is 0 Å². The minimum atomic E-state index is 0. The van der Waals surface area contributed by atoms with E-state index in [1.807, 2.05) is 21.1 Å². The summed E-state index contributed by atoms with van der Waals surface area (Å²) >= 11 is 0. The first-order valence-electron chi connectivity index (χ1n) is 3.24. The lowest BCUT2D eigenvalue weighted by atomic mass is 10.5. The first kappa shape index (κ1) is 13.1. The van der Waals surface area contributed by atoms with Crippen molar-refractivity contribution < 1.29 is 0 Å². The Kier molecular flexibility index (Phi) is 7.46. The summed E-state index contributed by atoms with van der Waals surface area (Å²) in [6, 6.07) is 0. The lowest BCUT2D eigenvalue weighted by molar-refractivity contribution is 0.354. The van der Waals surface area contributed by atoms with E-state index in [0.717, 1.165) is 13.1 Å². The fourth-order valence-electron chi connectivity index (χ4n) is 0.470. The summed E-state index contributed by atoms with van der Waals surface area (Å²) in [4.78, 5) is 3.76. The Hall–Kier alpha value is -0.480. The minimum absolute atomic E-state index is 0. The molecule has 0 heterocycles. The second-order valence-electron chi connectivity index (χ2n) is 2.61. The van der Waals surface area contributed by atoms with Gasteiger partial charge in [-0.15, -0.1) is 12.4 Å². The van der Waals surface area contributed by atoms with Crippen LogP contribution in [0.2, 0.25) is 0 Å². The van der Waals surface area contributed by atoms with Gasteiger partial charge in [0, 0.05) is 20.1 Å². The van der Waals surface area contributed by atoms with Gasteiger partial charge in [-0.2, -0.15) is 0 Å². The molecular formula is C6H17ClN4. The zero-order valence-electron chi connectivity index (χ0n) is 7.29. The second kappa shape index (κ2) is 6.24. The molecule has 0 aliphatic rings. The molecule has 0 unspecified atom stereocenters. The van der Waals surface area contributed by atoms with Gasteiger partial charge in [-0.3, -0.25) is 5.41 Å². The van der Waals surface area contributed by atoms with Gasteiger partial charge in [-0.1, -0.05) is 0 Å². The number of nitrogens with one attached hydrogen (secondary N) is 1. The quantitative estimate of drug-likeness (QED) is 0.467. The van der Waals surface area contributed by atoms with E-state index < -0.39 is 0 Å². The molecule has 0 saturated heterocycles.